The van der Waals surface area contributed by atoms with Crippen molar-refractivity contribution in [1.82, 2.24) is 0 Å². The molecular weight excluding hydrogens is 534 g/mol. The van der Waals surface area contributed by atoms with E-state index in [-0.39, 0.29) is 5.41 Å². The van der Waals surface area contributed by atoms with E-state index < -0.39 is 10.0 Å². The highest BCUT2D eigenvalue weighted by Crippen LogP contribution is 2.59. The van der Waals surface area contributed by atoms with E-state index in [1.54, 1.807) is 12.1 Å². The second kappa shape index (κ2) is 9.14. The molecule has 3 aromatic rings. The number of fused-ring (bicyclic) bond motifs is 5. The van der Waals surface area contributed by atoms with Gasteiger partial charge in [0.25, 0.3) is 0 Å². The third kappa shape index (κ3) is 4.12. The SMILES string of the molecule is C[C@]12CC[C@@H]3c4ccc(OS(=O)(=Nc5ccc(Br)cc5)c5ccccc5)cc4CC[C@H]3[C@@H]1CCC2=O. The number of rotatable bonds is 4. The van der Waals surface area contributed by atoms with Crippen molar-refractivity contribution in [2.45, 2.75) is 56.3 Å². The second-order valence-electron chi connectivity index (χ2n) is 10.6. The lowest BCUT2D eigenvalue weighted by molar-refractivity contribution is -0.129. The van der Waals surface area contributed by atoms with E-state index in [1.165, 1.54) is 11.1 Å². The molecule has 4 nitrogen and oxygen atoms in total. The minimum absolute atomic E-state index is 0.114. The number of aryl methyl sites for hydroxylation is 1. The molecule has 3 aliphatic rings. The highest BCUT2D eigenvalue weighted by Gasteiger charge is 2.54. The fraction of sp³-hybridized carbons (Fsp3) is 0.367. The van der Waals surface area contributed by atoms with Crippen LogP contribution in [0.4, 0.5) is 5.69 Å². The number of hydrogen-bond acceptors (Lipinski definition) is 4. The predicted molar refractivity (Wildman–Crippen MR) is 146 cm³/mol. The molecule has 36 heavy (non-hydrogen) atoms. The summed E-state index contributed by atoms with van der Waals surface area (Å²) in [5, 5.41) is 0. The summed E-state index contributed by atoms with van der Waals surface area (Å²) in [6.07, 6.45) is 5.92. The van der Waals surface area contributed by atoms with E-state index in [9.17, 15) is 9.00 Å². The molecule has 6 rings (SSSR count). The van der Waals surface area contributed by atoms with Gasteiger partial charge in [0.2, 0.25) is 10.0 Å². The number of carbonyl (C=O) groups excluding carboxylic acids is 1. The van der Waals surface area contributed by atoms with Gasteiger partial charge in [-0.1, -0.05) is 47.1 Å². The van der Waals surface area contributed by atoms with Crippen LogP contribution in [0.1, 0.15) is 56.1 Å². The predicted octanol–water partition coefficient (Wildman–Crippen LogP) is 8.03. The number of Topliss-reactive ketones (excluding diaryl/α,β-unsaturated/α-hetero) is 1. The maximum atomic E-state index is 14.2. The molecule has 1 unspecified atom stereocenters. The second-order valence-corrected chi connectivity index (χ2v) is 13.3. The van der Waals surface area contributed by atoms with Crippen LogP contribution in [0.5, 0.6) is 5.75 Å². The van der Waals surface area contributed by atoms with Crippen LogP contribution in [-0.4, -0.2) is 9.99 Å². The summed E-state index contributed by atoms with van der Waals surface area (Å²) in [5.41, 5.74) is 3.15. The van der Waals surface area contributed by atoms with E-state index in [2.05, 4.69) is 39.3 Å². The number of carbonyl (C=O) groups is 1. The molecule has 0 amide bonds. The van der Waals surface area contributed by atoms with Crippen LogP contribution in [-0.2, 0) is 21.2 Å². The van der Waals surface area contributed by atoms with Gasteiger partial charge in [-0.3, -0.25) is 4.79 Å². The highest BCUT2D eigenvalue weighted by molar-refractivity contribution is 9.10. The van der Waals surface area contributed by atoms with Gasteiger partial charge in [-0.15, -0.1) is 0 Å². The van der Waals surface area contributed by atoms with Crippen molar-refractivity contribution in [2.24, 2.45) is 21.6 Å². The van der Waals surface area contributed by atoms with Crippen LogP contribution in [0.3, 0.4) is 0 Å². The zero-order chi connectivity index (χ0) is 24.9. The van der Waals surface area contributed by atoms with Crippen LogP contribution >= 0.6 is 15.9 Å². The van der Waals surface area contributed by atoms with E-state index >= 15 is 0 Å². The number of nitrogens with zero attached hydrogens (tertiary/aromatic N) is 1. The number of halogens is 1. The Balaban J connectivity index is 1.33. The molecule has 2 saturated carbocycles. The topological polar surface area (TPSA) is 55.7 Å². The average Bonchev–Trinajstić information content (AvgIpc) is 3.20. The number of hydrogen-bond donors (Lipinski definition) is 0. The summed E-state index contributed by atoms with van der Waals surface area (Å²) in [5.74, 6) is 2.65. The van der Waals surface area contributed by atoms with Crippen molar-refractivity contribution in [2.75, 3.05) is 0 Å². The standard InChI is InChI=1S/C30H30BrNO3S/c1-30-18-17-26-25-14-12-23(19-20(25)7-13-27(26)28(30)15-16-29(30)33)35-36(34,24-5-3-2-4-6-24)32-22-10-8-21(31)9-11-22/h2-6,8-12,14,19,26-28H,7,13,15-18H2,1H3/t26-,27-,28+,30+,36?/m1/s1. The molecule has 3 aromatic carbocycles. The van der Waals surface area contributed by atoms with Crippen LogP contribution in [0, 0.1) is 17.3 Å². The van der Waals surface area contributed by atoms with E-state index in [1.807, 2.05) is 48.5 Å². The molecule has 0 aromatic heterocycles. The lowest BCUT2D eigenvalue weighted by Crippen LogP contribution is -2.42. The van der Waals surface area contributed by atoms with Gasteiger partial charge in [0.15, 0.2) is 0 Å². The summed E-state index contributed by atoms with van der Waals surface area (Å²) in [6, 6.07) is 22.8. The lowest BCUT2D eigenvalue weighted by Gasteiger charge is -2.48. The summed E-state index contributed by atoms with van der Waals surface area (Å²) >= 11 is 3.44. The van der Waals surface area contributed by atoms with Gasteiger partial charge in [0.05, 0.1) is 10.6 Å². The van der Waals surface area contributed by atoms with Gasteiger partial charge in [0, 0.05) is 16.3 Å². The summed E-state index contributed by atoms with van der Waals surface area (Å²) in [6.45, 7) is 2.21. The van der Waals surface area contributed by atoms with E-state index in [4.69, 9.17) is 4.18 Å². The molecule has 0 radical (unpaired) electrons. The maximum absolute atomic E-state index is 14.2. The average molecular weight is 565 g/mol. The monoisotopic (exact) mass is 563 g/mol. The molecular formula is C30H30BrNO3S. The normalized spacial score (nSPS) is 28.4. The smallest absolute Gasteiger partial charge is 0.241 e. The van der Waals surface area contributed by atoms with Crippen molar-refractivity contribution < 1.29 is 13.2 Å². The van der Waals surface area contributed by atoms with Crippen molar-refractivity contribution >= 4 is 37.4 Å². The Labute approximate surface area is 222 Å². The van der Waals surface area contributed by atoms with Crippen molar-refractivity contribution in [3.05, 3.63) is 88.4 Å². The fourth-order valence-electron chi connectivity index (χ4n) is 6.86. The largest absolute Gasteiger partial charge is 0.392 e. The van der Waals surface area contributed by atoms with E-state index in [0.29, 0.717) is 39.9 Å². The van der Waals surface area contributed by atoms with Gasteiger partial charge < -0.3 is 4.18 Å². The first-order valence-corrected chi connectivity index (χ1v) is 15.0. The molecule has 3 aliphatic carbocycles. The number of ketones is 1. The molecule has 5 atom stereocenters. The Hall–Kier alpha value is -2.44. The van der Waals surface area contributed by atoms with Gasteiger partial charge in [-0.05, 0) is 110 Å². The molecule has 0 saturated heterocycles. The first-order chi connectivity index (χ1) is 17.4. The zero-order valence-electron chi connectivity index (χ0n) is 20.4. The quantitative estimate of drug-likeness (QED) is 0.322. The molecule has 186 valence electrons. The van der Waals surface area contributed by atoms with Gasteiger partial charge >= 0.3 is 0 Å². The summed E-state index contributed by atoms with van der Waals surface area (Å²) in [7, 11) is -3.19. The molecule has 0 heterocycles. The Kier molecular flexibility index (Phi) is 6.08. The first-order valence-electron chi connectivity index (χ1n) is 12.8. The molecule has 0 bridgehead atoms. The summed E-state index contributed by atoms with van der Waals surface area (Å²) in [4.78, 5) is 13.2. The van der Waals surface area contributed by atoms with Gasteiger partial charge in [0.1, 0.15) is 11.5 Å². The van der Waals surface area contributed by atoms with Gasteiger partial charge in [-0.25, -0.2) is 4.21 Å². The van der Waals surface area contributed by atoms with Crippen LogP contribution in [0.15, 0.2) is 86.5 Å². The van der Waals surface area contributed by atoms with Crippen molar-refractivity contribution in [1.29, 1.82) is 0 Å². The van der Waals surface area contributed by atoms with Crippen molar-refractivity contribution in [3.63, 3.8) is 0 Å². The van der Waals surface area contributed by atoms with E-state index in [0.717, 1.165) is 43.0 Å². The lowest BCUT2D eigenvalue weighted by atomic mass is 9.55. The number of benzene rings is 3. The molecule has 0 N–H and O–H groups in total. The first kappa shape index (κ1) is 23.9. The Morgan fingerprint density at radius 3 is 2.53 bits per heavy atom. The minimum atomic E-state index is -3.19. The van der Waals surface area contributed by atoms with Crippen LogP contribution < -0.4 is 4.18 Å². The minimum Gasteiger partial charge on any atom is -0.392 e. The molecule has 2 fully saturated rings. The maximum Gasteiger partial charge on any atom is 0.241 e. The Morgan fingerprint density at radius 1 is 0.972 bits per heavy atom. The summed E-state index contributed by atoms with van der Waals surface area (Å²) < 4.78 is 25.9. The molecule has 6 heteroatoms. The van der Waals surface area contributed by atoms with Crippen LogP contribution in [0.25, 0.3) is 0 Å². The van der Waals surface area contributed by atoms with Crippen LogP contribution in [0.2, 0.25) is 0 Å². The third-order valence-corrected chi connectivity index (χ3v) is 11.0. The highest BCUT2D eigenvalue weighted by atomic mass is 79.9. The fourth-order valence-corrected chi connectivity index (χ4v) is 8.63. The Bertz CT molecular complexity index is 1430. The molecule has 0 spiro atoms. The Morgan fingerprint density at radius 2 is 1.75 bits per heavy atom. The zero-order valence-corrected chi connectivity index (χ0v) is 22.8. The van der Waals surface area contributed by atoms with Gasteiger partial charge in [-0.2, -0.15) is 4.36 Å². The third-order valence-electron chi connectivity index (χ3n) is 8.71. The molecule has 0 aliphatic heterocycles. The van der Waals surface area contributed by atoms with Crippen molar-refractivity contribution in [3.8, 4) is 5.75 Å².